The van der Waals surface area contributed by atoms with Gasteiger partial charge in [-0.3, -0.25) is 4.90 Å². The normalized spacial score (nSPS) is 21.6. The van der Waals surface area contributed by atoms with Crippen LogP contribution in [0.15, 0.2) is 42.5 Å². The van der Waals surface area contributed by atoms with E-state index >= 15 is 0 Å². The molecule has 0 fully saturated rings. The van der Waals surface area contributed by atoms with Crippen LogP contribution in [0.5, 0.6) is 11.5 Å². The Morgan fingerprint density at radius 1 is 1.20 bits per heavy atom. The predicted molar refractivity (Wildman–Crippen MR) is 95.9 cm³/mol. The fraction of sp³-hybridized carbons (Fsp3) is 0.400. The van der Waals surface area contributed by atoms with Crippen LogP contribution >= 0.6 is 0 Å². The van der Waals surface area contributed by atoms with E-state index in [9.17, 15) is 5.11 Å². The SMILES string of the molecule is CN1CCc2c(ccc3c2OCO3)C1[C@H](N)C(CO)c1ccccc1. The Balaban J connectivity index is 1.72. The molecule has 2 aliphatic rings. The minimum Gasteiger partial charge on any atom is -0.454 e. The van der Waals surface area contributed by atoms with Gasteiger partial charge >= 0.3 is 0 Å². The number of nitrogens with zero attached hydrogens (tertiary/aromatic N) is 1. The molecule has 2 heterocycles. The zero-order valence-electron chi connectivity index (χ0n) is 14.4. The van der Waals surface area contributed by atoms with Crippen LogP contribution in [0, 0.1) is 0 Å². The number of hydrogen-bond donors (Lipinski definition) is 2. The summed E-state index contributed by atoms with van der Waals surface area (Å²) >= 11 is 0. The van der Waals surface area contributed by atoms with Crippen LogP contribution in [0.3, 0.4) is 0 Å². The molecule has 5 nitrogen and oxygen atoms in total. The Morgan fingerprint density at radius 3 is 2.76 bits per heavy atom. The first-order valence-electron chi connectivity index (χ1n) is 8.73. The molecule has 0 aliphatic carbocycles. The quantitative estimate of drug-likeness (QED) is 0.892. The third kappa shape index (κ3) is 2.78. The van der Waals surface area contributed by atoms with Gasteiger partial charge in [0.15, 0.2) is 11.5 Å². The Kier molecular flexibility index (Phi) is 4.37. The minimum absolute atomic E-state index is 0.0232. The number of fused-ring (bicyclic) bond motifs is 3. The lowest BCUT2D eigenvalue weighted by Crippen LogP contribution is -2.46. The van der Waals surface area contributed by atoms with Crippen molar-refractivity contribution in [3.05, 3.63) is 59.2 Å². The molecular formula is C20H24N2O3. The fourth-order valence-electron chi connectivity index (χ4n) is 4.12. The molecule has 5 heteroatoms. The molecule has 0 bridgehead atoms. The van der Waals surface area contributed by atoms with Crippen LogP contribution in [0.4, 0.5) is 0 Å². The van der Waals surface area contributed by atoms with E-state index in [1.54, 1.807) is 0 Å². The molecule has 2 aliphatic heterocycles. The van der Waals surface area contributed by atoms with Gasteiger partial charge in [-0.2, -0.15) is 0 Å². The highest BCUT2D eigenvalue weighted by molar-refractivity contribution is 5.54. The molecule has 3 atom stereocenters. The van der Waals surface area contributed by atoms with Gasteiger partial charge in [0.1, 0.15) is 0 Å². The van der Waals surface area contributed by atoms with E-state index in [0.717, 1.165) is 30.0 Å². The molecule has 2 aromatic rings. The average Bonchev–Trinajstić information content (AvgIpc) is 3.12. The Bertz CT molecular complexity index is 750. The van der Waals surface area contributed by atoms with E-state index in [4.69, 9.17) is 15.2 Å². The van der Waals surface area contributed by atoms with Crippen LogP contribution in [0.1, 0.15) is 28.7 Å². The first-order valence-corrected chi connectivity index (χ1v) is 8.73. The summed E-state index contributed by atoms with van der Waals surface area (Å²) in [5, 5.41) is 10.0. The molecule has 0 radical (unpaired) electrons. The van der Waals surface area contributed by atoms with Gasteiger partial charge in [0.25, 0.3) is 0 Å². The van der Waals surface area contributed by atoms with Gasteiger partial charge in [-0.15, -0.1) is 0 Å². The summed E-state index contributed by atoms with van der Waals surface area (Å²) < 4.78 is 11.2. The summed E-state index contributed by atoms with van der Waals surface area (Å²) in [5.74, 6) is 1.56. The van der Waals surface area contributed by atoms with Crippen molar-refractivity contribution in [1.29, 1.82) is 0 Å². The van der Waals surface area contributed by atoms with Gasteiger partial charge < -0.3 is 20.3 Å². The number of ether oxygens (including phenoxy) is 2. The van der Waals surface area contributed by atoms with E-state index in [1.165, 1.54) is 11.1 Å². The topological polar surface area (TPSA) is 68.0 Å². The van der Waals surface area contributed by atoms with Crippen LogP contribution in [-0.2, 0) is 6.42 Å². The van der Waals surface area contributed by atoms with Gasteiger partial charge in [-0.1, -0.05) is 36.4 Å². The lowest BCUT2D eigenvalue weighted by molar-refractivity contribution is 0.154. The van der Waals surface area contributed by atoms with Gasteiger partial charge in [-0.05, 0) is 30.7 Å². The Labute approximate surface area is 148 Å². The van der Waals surface area contributed by atoms with E-state index in [1.807, 2.05) is 36.4 Å². The van der Waals surface area contributed by atoms with Crippen molar-refractivity contribution in [3.8, 4) is 11.5 Å². The zero-order valence-corrected chi connectivity index (χ0v) is 14.4. The van der Waals surface area contributed by atoms with Crippen LogP contribution < -0.4 is 15.2 Å². The van der Waals surface area contributed by atoms with Crippen molar-refractivity contribution in [2.75, 3.05) is 27.0 Å². The highest BCUT2D eigenvalue weighted by Crippen LogP contribution is 2.44. The standard InChI is InChI=1S/C20H24N2O3/c1-22-10-9-15-14(7-8-17-20(15)25-12-24-17)19(22)18(21)16(11-23)13-5-3-2-4-6-13/h2-8,16,18-19,23H,9-12,21H2,1H3/t16?,18-,19?/m1/s1. The number of likely N-dealkylation sites (N-methyl/N-ethyl adjacent to an activating group) is 1. The maximum atomic E-state index is 10.0. The third-order valence-electron chi connectivity index (χ3n) is 5.44. The first-order chi connectivity index (χ1) is 12.2. The molecule has 2 unspecified atom stereocenters. The van der Waals surface area contributed by atoms with Crippen molar-refractivity contribution < 1.29 is 14.6 Å². The Morgan fingerprint density at radius 2 is 2.00 bits per heavy atom. The second kappa shape index (κ2) is 6.67. The maximum Gasteiger partial charge on any atom is 0.231 e. The summed E-state index contributed by atoms with van der Waals surface area (Å²) in [4.78, 5) is 2.28. The smallest absolute Gasteiger partial charge is 0.231 e. The second-order valence-electron chi connectivity index (χ2n) is 6.82. The van der Waals surface area contributed by atoms with Crippen LogP contribution in [-0.4, -0.2) is 43.0 Å². The second-order valence-corrected chi connectivity index (χ2v) is 6.82. The van der Waals surface area contributed by atoms with Gasteiger partial charge in [0.05, 0.1) is 12.6 Å². The maximum absolute atomic E-state index is 10.0. The van der Waals surface area contributed by atoms with Crippen molar-refractivity contribution in [2.24, 2.45) is 5.73 Å². The number of nitrogens with two attached hydrogens (primary N) is 1. The van der Waals surface area contributed by atoms with Crippen molar-refractivity contribution in [2.45, 2.75) is 24.4 Å². The first kappa shape index (κ1) is 16.4. The van der Waals surface area contributed by atoms with Gasteiger partial charge in [0, 0.05) is 24.1 Å². The van der Waals surface area contributed by atoms with E-state index in [-0.39, 0.29) is 31.4 Å². The highest BCUT2D eigenvalue weighted by Gasteiger charge is 2.37. The molecular weight excluding hydrogens is 316 g/mol. The highest BCUT2D eigenvalue weighted by atomic mass is 16.7. The third-order valence-corrected chi connectivity index (χ3v) is 5.44. The van der Waals surface area contributed by atoms with E-state index in [0.29, 0.717) is 0 Å². The van der Waals surface area contributed by atoms with Crippen LogP contribution in [0.2, 0.25) is 0 Å². The molecule has 0 saturated heterocycles. The molecule has 132 valence electrons. The summed E-state index contributed by atoms with van der Waals surface area (Å²) in [5.41, 5.74) is 10.2. The number of benzene rings is 2. The van der Waals surface area contributed by atoms with Crippen molar-refractivity contribution >= 4 is 0 Å². The number of aliphatic hydroxyl groups is 1. The van der Waals surface area contributed by atoms with Gasteiger partial charge in [0.2, 0.25) is 6.79 Å². The lowest BCUT2D eigenvalue weighted by atomic mass is 9.81. The molecule has 25 heavy (non-hydrogen) atoms. The Hall–Kier alpha value is -2.08. The molecule has 3 N–H and O–H groups in total. The molecule has 0 amide bonds. The predicted octanol–water partition coefficient (Wildman–Crippen LogP) is 2.05. The molecule has 0 saturated carbocycles. The summed E-state index contributed by atoms with van der Waals surface area (Å²) in [6.07, 6.45) is 0.913. The minimum atomic E-state index is -0.225. The largest absolute Gasteiger partial charge is 0.454 e. The summed E-state index contributed by atoms with van der Waals surface area (Å²) in [6, 6.07) is 13.9. The fourth-order valence-corrected chi connectivity index (χ4v) is 4.12. The lowest BCUT2D eigenvalue weighted by Gasteiger charge is -2.41. The van der Waals surface area contributed by atoms with Gasteiger partial charge in [-0.25, -0.2) is 0 Å². The summed E-state index contributed by atoms with van der Waals surface area (Å²) in [6.45, 7) is 1.20. The van der Waals surface area contributed by atoms with E-state index < -0.39 is 0 Å². The van der Waals surface area contributed by atoms with E-state index in [2.05, 4.69) is 18.0 Å². The molecule has 0 aromatic heterocycles. The summed E-state index contributed by atoms with van der Waals surface area (Å²) in [7, 11) is 2.09. The zero-order chi connectivity index (χ0) is 17.4. The monoisotopic (exact) mass is 340 g/mol. The number of hydrogen-bond acceptors (Lipinski definition) is 5. The van der Waals surface area contributed by atoms with Crippen molar-refractivity contribution in [3.63, 3.8) is 0 Å². The molecule has 2 aromatic carbocycles. The average molecular weight is 340 g/mol. The van der Waals surface area contributed by atoms with Crippen LogP contribution in [0.25, 0.3) is 0 Å². The number of rotatable bonds is 4. The molecule has 4 rings (SSSR count). The molecule has 0 spiro atoms. The van der Waals surface area contributed by atoms with Crippen molar-refractivity contribution in [1.82, 2.24) is 4.90 Å². The number of aliphatic hydroxyl groups excluding tert-OH is 1.